The third kappa shape index (κ3) is 3.57. The molecule has 0 aliphatic heterocycles. The fraction of sp³-hybridized carbons (Fsp3) is 0.208. The van der Waals surface area contributed by atoms with Crippen LogP contribution in [0.25, 0.3) is 37.2 Å². The summed E-state index contributed by atoms with van der Waals surface area (Å²) in [4.78, 5) is 32.3. The van der Waals surface area contributed by atoms with Crippen molar-refractivity contribution in [1.29, 1.82) is 5.26 Å². The summed E-state index contributed by atoms with van der Waals surface area (Å²) >= 11 is 7.46. The van der Waals surface area contributed by atoms with Crippen molar-refractivity contribution in [2.45, 2.75) is 13.0 Å². The molecular weight excluding hydrogens is 507 g/mol. The number of benzene rings is 1. The average molecular weight is 526 g/mol. The van der Waals surface area contributed by atoms with E-state index in [-0.39, 0.29) is 28.4 Å². The first-order valence-electron chi connectivity index (χ1n) is 10.8. The molecule has 182 valence electrons. The quantitative estimate of drug-likeness (QED) is 0.328. The van der Waals surface area contributed by atoms with Gasteiger partial charge in [0, 0.05) is 23.2 Å². The average Bonchev–Trinajstić information content (AvgIpc) is 3.41. The molecule has 0 saturated heterocycles. The summed E-state index contributed by atoms with van der Waals surface area (Å²) in [5, 5.41) is 10.1. The molecule has 0 atom stereocenters. The van der Waals surface area contributed by atoms with Crippen molar-refractivity contribution in [3.05, 3.63) is 68.5 Å². The Balaban J connectivity index is 1.86. The second-order valence-electron chi connectivity index (χ2n) is 8.10. The lowest BCUT2D eigenvalue weighted by Crippen LogP contribution is -2.40. The summed E-state index contributed by atoms with van der Waals surface area (Å²) in [6, 6.07) is 6.30. The first-order chi connectivity index (χ1) is 17.3. The number of rotatable bonds is 5. The van der Waals surface area contributed by atoms with Crippen LogP contribution in [0, 0.1) is 17.1 Å². The van der Waals surface area contributed by atoms with Gasteiger partial charge in [-0.3, -0.25) is 14.3 Å². The van der Waals surface area contributed by atoms with Crippen molar-refractivity contribution in [3.63, 3.8) is 0 Å². The highest BCUT2D eigenvalue weighted by atomic mass is 35.5. The van der Waals surface area contributed by atoms with Gasteiger partial charge in [-0.15, -0.1) is 16.0 Å². The Bertz CT molecular complexity index is 1850. The summed E-state index contributed by atoms with van der Waals surface area (Å²) < 4.78 is 25.6. The highest BCUT2D eigenvalue weighted by Gasteiger charge is 2.23. The summed E-state index contributed by atoms with van der Waals surface area (Å²) in [5.74, 6) is -0.613. The largest absolute Gasteiger partial charge is 0.494 e. The number of ether oxygens (including phenoxy) is 1. The highest BCUT2D eigenvalue weighted by molar-refractivity contribution is 7.22. The number of hydrogen-bond donors (Lipinski definition) is 0. The van der Waals surface area contributed by atoms with Crippen LogP contribution in [-0.2, 0) is 20.6 Å². The maximum atomic E-state index is 14.1. The van der Waals surface area contributed by atoms with Gasteiger partial charge in [0.2, 0.25) is 6.20 Å². The topological polar surface area (TPSA) is 98.7 Å². The number of aromatic nitrogens is 5. The number of fused-ring (bicyclic) bond motifs is 2. The van der Waals surface area contributed by atoms with Crippen LogP contribution in [0.1, 0.15) is 6.42 Å². The smallest absolute Gasteiger partial charge is 0.336 e. The Hall–Kier alpha value is -4.01. The van der Waals surface area contributed by atoms with E-state index in [0.29, 0.717) is 27.2 Å². The van der Waals surface area contributed by atoms with Crippen LogP contribution in [-0.4, -0.2) is 25.9 Å². The SMILES string of the molecule is COc1cc(-c2cc3c(s2)c(=O)n(-c2cncc4c[n+](C)n(C)c24)c(=O)n3CCC#N)c(Cl)cc1F. The number of methoxy groups -OCH3 is 1. The normalized spacial score (nSPS) is 11.3. The van der Waals surface area contributed by atoms with Crippen molar-refractivity contribution < 1.29 is 13.8 Å². The molecule has 1 aromatic carbocycles. The number of pyridine rings is 1. The number of aryl methyl sites for hydroxylation is 3. The van der Waals surface area contributed by atoms with E-state index >= 15 is 0 Å². The molecule has 4 heterocycles. The zero-order chi connectivity index (χ0) is 25.7. The lowest BCUT2D eigenvalue weighted by Gasteiger charge is -2.11. The Morgan fingerprint density at radius 2 is 2.06 bits per heavy atom. The van der Waals surface area contributed by atoms with Gasteiger partial charge in [-0.1, -0.05) is 11.6 Å². The summed E-state index contributed by atoms with van der Waals surface area (Å²) in [5.41, 5.74) is 0.694. The molecule has 0 saturated carbocycles. The first kappa shape index (κ1) is 23.7. The molecule has 0 spiro atoms. The van der Waals surface area contributed by atoms with Gasteiger partial charge in [-0.25, -0.2) is 13.8 Å². The Kier molecular flexibility index (Phi) is 5.86. The molecular formula is C24H19ClFN6O3S+. The van der Waals surface area contributed by atoms with Crippen molar-refractivity contribution >= 4 is 44.1 Å². The molecule has 0 radical (unpaired) electrons. The standard InChI is InChI=1S/C24H19ClFN6O3S/c1-29-12-13-10-28-11-18(21(13)30(29)2)32-23(33)22-17(31(24(32)34)6-4-5-27)9-20(36-22)14-7-19(35-3)16(26)8-15(14)25/h7-12H,4,6H2,1-3H3/q+1. The van der Waals surface area contributed by atoms with E-state index < -0.39 is 17.1 Å². The van der Waals surface area contributed by atoms with Crippen LogP contribution in [0.2, 0.25) is 5.02 Å². The summed E-state index contributed by atoms with van der Waals surface area (Å²) in [6.45, 7) is 0.0765. The molecule has 5 aromatic rings. The van der Waals surface area contributed by atoms with Crippen molar-refractivity contribution in [1.82, 2.24) is 18.8 Å². The zero-order valence-electron chi connectivity index (χ0n) is 19.5. The van der Waals surface area contributed by atoms with E-state index in [4.69, 9.17) is 16.3 Å². The molecule has 0 bridgehead atoms. The van der Waals surface area contributed by atoms with E-state index in [1.807, 2.05) is 29.7 Å². The van der Waals surface area contributed by atoms with Crippen LogP contribution in [0.15, 0.2) is 46.4 Å². The summed E-state index contributed by atoms with van der Waals surface area (Å²) in [7, 11) is 5.00. The molecule has 0 aliphatic carbocycles. The van der Waals surface area contributed by atoms with Crippen LogP contribution in [0.3, 0.4) is 0 Å². The second kappa shape index (κ2) is 8.89. The summed E-state index contributed by atoms with van der Waals surface area (Å²) in [6.07, 6.45) is 5.04. The minimum Gasteiger partial charge on any atom is -0.494 e. The maximum absolute atomic E-state index is 14.1. The van der Waals surface area contributed by atoms with E-state index in [1.165, 1.54) is 23.9 Å². The third-order valence-corrected chi connectivity index (χ3v) is 7.53. The van der Waals surface area contributed by atoms with Gasteiger partial charge in [0.25, 0.3) is 5.56 Å². The second-order valence-corrected chi connectivity index (χ2v) is 9.56. The van der Waals surface area contributed by atoms with Crippen LogP contribution >= 0.6 is 22.9 Å². The molecule has 9 nitrogen and oxygen atoms in total. The van der Waals surface area contributed by atoms with Gasteiger partial charge >= 0.3 is 5.69 Å². The van der Waals surface area contributed by atoms with Gasteiger partial charge in [0.1, 0.15) is 15.9 Å². The van der Waals surface area contributed by atoms with Crippen LogP contribution in [0.4, 0.5) is 4.39 Å². The predicted octanol–water partition coefficient (Wildman–Crippen LogP) is 3.31. The molecule has 5 rings (SSSR count). The van der Waals surface area contributed by atoms with E-state index in [2.05, 4.69) is 11.1 Å². The monoisotopic (exact) mass is 525 g/mol. The molecule has 12 heteroatoms. The van der Waals surface area contributed by atoms with Crippen LogP contribution in [0.5, 0.6) is 5.75 Å². The lowest BCUT2D eigenvalue weighted by atomic mass is 10.1. The van der Waals surface area contributed by atoms with E-state index in [9.17, 15) is 19.2 Å². The minimum atomic E-state index is -0.614. The fourth-order valence-electron chi connectivity index (χ4n) is 4.26. The molecule has 0 N–H and O–H groups in total. The van der Waals surface area contributed by atoms with Crippen LogP contribution < -0.4 is 20.7 Å². The number of thiophene rings is 1. The Labute approximate surface area is 212 Å². The molecule has 0 fully saturated rings. The maximum Gasteiger partial charge on any atom is 0.336 e. The van der Waals surface area contributed by atoms with Gasteiger partial charge in [-0.05, 0) is 18.2 Å². The van der Waals surface area contributed by atoms with Gasteiger partial charge in [0.15, 0.2) is 18.6 Å². The minimum absolute atomic E-state index is 0.000433. The highest BCUT2D eigenvalue weighted by Crippen LogP contribution is 2.39. The third-order valence-electron chi connectivity index (χ3n) is 6.07. The predicted molar refractivity (Wildman–Crippen MR) is 134 cm³/mol. The molecule has 4 aromatic heterocycles. The van der Waals surface area contributed by atoms with Gasteiger partial charge in [0.05, 0.1) is 48.8 Å². The zero-order valence-corrected chi connectivity index (χ0v) is 21.0. The number of halogens is 2. The van der Waals surface area contributed by atoms with Crippen molar-refractivity contribution in [2.75, 3.05) is 7.11 Å². The Morgan fingerprint density at radius 3 is 2.78 bits per heavy atom. The van der Waals surface area contributed by atoms with E-state index in [0.717, 1.165) is 27.4 Å². The molecule has 0 amide bonds. The molecule has 0 unspecified atom stereocenters. The molecule has 0 aliphatic rings. The fourth-order valence-corrected chi connectivity index (χ4v) is 5.69. The number of nitriles is 1. The molecule has 36 heavy (non-hydrogen) atoms. The van der Waals surface area contributed by atoms with Gasteiger partial charge < -0.3 is 4.74 Å². The van der Waals surface area contributed by atoms with Crippen molar-refractivity contribution in [3.8, 4) is 27.9 Å². The number of hydrogen-bond acceptors (Lipinski definition) is 6. The number of nitrogens with zero attached hydrogens (tertiary/aromatic N) is 6. The van der Waals surface area contributed by atoms with Gasteiger partial charge in [-0.2, -0.15) is 9.94 Å². The Morgan fingerprint density at radius 1 is 1.28 bits per heavy atom. The lowest BCUT2D eigenvalue weighted by molar-refractivity contribution is -0.748. The van der Waals surface area contributed by atoms with Crippen molar-refractivity contribution in [2.24, 2.45) is 14.1 Å². The first-order valence-corrected chi connectivity index (χ1v) is 12.0. The van der Waals surface area contributed by atoms with E-state index in [1.54, 1.807) is 12.3 Å².